The minimum Gasteiger partial charge on any atom is -0.494 e. The lowest BCUT2D eigenvalue weighted by molar-refractivity contribution is 0.0695. The molecule has 1 aliphatic rings. The highest BCUT2D eigenvalue weighted by molar-refractivity contribution is 6.23. The predicted octanol–water partition coefficient (Wildman–Crippen LogP) is 7.24. The first-order chi connectivity index (χ1) is 20.8. The molecule has 9 heteroatoms. The number of carbonyl (C=O) groups excluding carboxylic acids is 1. The van der Waals surface area contributed by atoms with Gasteiger partial charge in [0.05, 0.1) is 29.1 Å². The Balaban J connectivity index is 1.40. The van der Waals surface area contributed by atoms with E-state index in [1.54, 1.807) is 29.2 Å². The van der Waals surface area contributed by atoms with Crippen molar-refractivity contribution in [1.82, 2.24) is 14.9 Å². The minimum absolute atomic E-state index is 0.00773. The summed E-state index contributed by atoms with van der Waals surface area (Å²) < 4.78 is 19.4. The molecular weight excluding hydrogens is 569 g/mol. The number of carbonyl (C=O) groups is 2. The van der Waals surface area contributed by atoms with Crippen LogP contribution >= 0.6 is 11.6 Å². The van der Waals surface area contributed by atoms with E-state index in [4.69, 9.17) is 16.3 Å². The Morgan fingerprint density at radius 3 is 2.63 bits per heavy atom. The van der Waals surface area contributed by atoms with E-state index in [0.717, 1.165) is 19.3 Å². The Bertz CT molecular complexity index is 1700. The normalized spacial score (nSPS) is 16.2. The molecule has 1 aliphatic carbocycles. The van der Waals surface area contributed by atoms with Gasteiger partial charge in [0, 0.05) is 42.3 Å². The summed E-state index contributed by atoms with van der Waals surface area (Å²) in [5, 5.41) is 9.65. The number of aromatic nitrogens is 2. The molecule has 3 aromatic carbocycles. The standard InChI is InChI=1S/C34H33ClFN3O4/c1-3-39(17-8-7-12-21-10-5-4-6-11-21)33(40)22-15-16-23(25(18-22)34(41)42)31-24(13-9-14-26(31)35)32-37-28-19-27(36)30(43-2)20-29(28)38-32/h4-6,9-11,13-16,18-20,26,31H,3,7-8,12,17H2,1-2H3,(H,37,38)(H,41,42)/t26-,31?/m0/s1. The summed E-state index contributed by atoms with van der Waals surface area (Å²) in [6.45, 7) is 3.00. The van der Waals surface area contributed by atoms with E-state index in [1.165, 1.54) is 30.9 Å². The number of hydrogen-bond donors (Lipinski definition) is 2. The van der Waals surface area contributed by atoms with Crippen LogP contribution in [0.3, 0.4) is 0 Å². The van der Waals surface area contributed by atoms with Gasteiger partial charge >= 0.3 is 5.97 Å². The number of hydrogen-bond acceptors (Lipinski definition) is 4. The number of unbranched alkanes of at least 4 members (excludes halogenated alkanes) is 1. The molecule has 4 aromatic rings. The number of alkyl halides is 1. The van der Waals surface area contributed by atoms with Gasteiger partial charge in [-0.25, -0.2) is 14.2 Å². The molecule has 43 heavy (non-hydrogen) atoms. The number of carboxylic acid groups (broad SMARTS) is 1. The number of imidazole rings is 1. The fraction of sp³-hybridized carbons (Fsp3) is 0.265. The molecule has 1 unspecified atom stereocenters. The van der Waals surface area contributed by atoms with Crippen molar-refractivity contribution in [1.29, 1.82) is 0 Å². The van der Waals surface area contributed by atoms with Gasteiger partial charge in [0.1, 0.15) is 5.82 Å². The first kappa shape index (κ1) is 30.0. The third kappa shape index (κ3) is 6.49. The smallest absolute Gasteiger partial charge is 0.336 e. The molecule has 222 valence electrons. The van der Waals surface area contributed by atoms with Gasteiger partial charge in [0.15, 0.2) is 11.6 Å². The number of benzene rings is 3. The fourth-order valence-electron chi connectivity index (χ4n) is 5.53. The average molecular weight is 602 g/mol. The molecule has 1 heterocycles. The molecule has 0 radical (unpaired) electrons. The number of fused-ring (bicyclic) bond motifs is 1. The molecule has 0 saturated heterocycles. The first-order valence-corrected chi connectivity index (χ1v) is 14.7. The molecule has 0 aliphatic heterocycles. The molecule has 1 aromatic heterocycles. The van der Waals surface area contributed by atoms with E-state index in [-0.39, 0.29) is 17.2 Å². The summed E-state index contributed by atoms with van der Waals surface area (Å²) in [6.07, 6.45) is 8.09. The van der Waals surface area contributed by atoms with Gasteiger partial charge < -0.3 is 19.7 Å². The van der Waals surface area contributed by atoms with E-state index in [9.17, 15) is 19.1 Å². The van der Waals surface area contributed by atoms with Crippen molar-refractivity contribution in [2.24, 2.45) is 0 Å². The van der Waals surface area contributed by atoms with Crippen LogP contribution in [-0.4, -0.2) is 57.4 Å². The third-order valence-electron chi connectivity index (χ3n) is 7.77. The molecule has 0 bridgehead atoms. The van der Waals surface area contributed by atoms with Crippen molar-refractivity contribution in [2.45, 2.75) is 37.5 Å². The molecule has 2 N–H and O–H groups in total. The van der Waals surface area contributed by atoms with Gasteiger partial charge in [-0.1, -0.05) is 54.6 Å². The summed E-state index contributed by atoms with van der Waals surface area (Å²) in [5.41, 5.74) is 3.62. The maximum atomic E-state index is 14.3. The highest BCUT2D eigenvalue weighted by Gasteiger charge is 2.32. The number of aryl methyl sites for hydroxylation is 1. The maximum absolute atomic E-state index is 14.3. The Hall–Kier alpha value is -4.43. The second-order valence-electron chi connectivity index (χ2n) is 10.5. The van der Waals surface area contributed by atoms with Crippen molar-refractivity contribution in [2.75, 3.05) is 20.2 Å². The third-order valence-corrected chi connectivity index (χ3v) is 8.17. The number of allylic oxidation sites excluding steroid dienone is 4. The van der Waals surface area contributed by atoms with Crippen LogP contribution in [0.2, 0.25) is 0 Å². The number of aromatic amines is 1. The number of halogens is 2. The van der Waals surface area contributed by atoms with Gasteiger partial charge in [-0.2, -0.15) is 0 Å². The van der Waals surface area contributed by atoms with Crippen LogP contribution in [0.15, 0.2) is 78.9 Å². The lowest BCUT2D eigenvalue weighted by Crippen LogP contribution is -2.32. The summed E-state index contributed by atoms with van der Waals surface area (Å²) in [4.78, 5) is 35.5. The first-order valence-electron chi connectivity index (χ1n) is 14.3. The Morgan fingerprint density at radius 1 is 1.12 bits per heavy atom. The van der Waals surface area contributed by atoms with Crippen molar-refractivity contribution >= 4 is 40.1 Å². The number of H-pyrrole nitrogens is 1. The van der Waals surface area contributed by atoms with E-state index in [2.05, 4.69) is 22.1 Å². The Kier molecular flexibility index (Phi) is 9.26. The van der Waals surface area contributed by atoms with E-state index < -0.39 is 23.1 Å². The van der Waals surface area contributed by atoms with Gasteiger partial charge in [-0.05, 0) is 49.4 Å². The zero-order valence-corrected chi connectivity index (χ0v) is 24.8. The number of ether oxygens (including phenoxy) is 1. The number of amides is 1. The van der Waals surface area contributed by atoms with E-state index >= 15 is 0 Å². The highest BCUT2D eigenvalue weighted by Crippen LogP contribution is 2.42. The molecule has 0 fully saturated rings. The van der Waals surface area contributed by atoms with Crippen LogP contribution in [-0.2, 0) is 6.42 Å². The number of nitrogens with zero attached hydrogens (tertiary/aromatic N) is 2. The van der Waals surface area contributed by atoms with Crippen LogP contribution in [0, 0.1) is 5.82 Å². The zero-order valence-electron chi connectivity index (χ0n) is 24.0. The summed E-state index contributed by atoms with van der Waals surface area (Å²) in [5.74, 6) is -1.99. The molecule has 0 saturated carbocycles. The SMILES string of the molecule is CCN(CCCCc1ccccc1)C(=O)c1ccc(C2C(c3nc4cc(OC)c(F)cc4[nH]3)=CC=C[C@@H]2Cl)c(C(=O)O)c1. The van der Waals surface area contributed by atoms with Crippen LogP contribution in [0.1, 0.15) is 63.4 Å². The van der Waals surface area contributed by atoms with Crippen molar-refractivity contribution in [3.05, 3.63) is 113 Å². The van der Waals surface area contributed by atoms with Crippen LogP contribution in [0.25, 0.3) is 16.6 Å². The van der Waals surface area contributed by atoms with Gasteiger partial charge in [0.25, 0.3) is 5.91 Å². The second-order valence-corrected chi connectivity index (χ2v) is 11.0. The topological polar surface area (TPSA) is 95.5 Å². The molecular formula is C34H33ClFN3O4. The van der Waals surface area contributed by atoms with E-state index in [1.807, 2.05) is 31.2 Å². The van der Waals surface area contributed by atoms with Crippen LogP contribution in [0.5, 0.6) is 5.75 Å². The van der Waals surface area contributed by atoms with Crippen LogP contribution < -0.4 is 4.74 Å². The van der Waals surface area contributed by atoms with Gasteiger partial charge in [-0.15, -0.1) is 11.6 Å². The maximum Gasteiger partial charge on any atom is 0.336 e. The Labute approximate surface area is 254 Å². The summed E-state index contributed by atoms with van der Waals surface area (Å²) >= 11 is 6.78. The lowest BCUT2D eigenvalue weighted by Gasteiger charge is -2.27. The molecule has 7 nitrogen and oxygen atoms in total. The molecule has 5 rings (SSSR count). The number of rotatable bonds is 11. The quantitative estimate of drug-likeness (QED) is 0.140. The number of aromatic carboxylic acids is 1. The molecule has 1 amide bonds. The van der Waals surface area contributed by atoms with Crippen molar-refractivity contribution in [3.8, 4) is 5.75 Å². The van der Waals surface area contributed by atoms with Crippen molar-refractivity contribution < 1.29 is 23.8 Å². The largest absolute Gasteiger partial charge is 0.494 e. The van der Waals surface area contributed by atoms with Gasteiger partial charge in [-0.3, -0.25) is 4.79 Å². The average Bonchev–Trinajstić information content (AvgIpc) is 3.43. The van der Waals surface area contributed by atoms with Crippen molar-refractivity contribution in [3.63, 3.8) is 0 Å². The van der Waals surface area contributed by atoms with Gasteiger partial charge in [0.2, 0.25) is 0 Å². The number of carboxylic acids is 1. The molecule has 2 atom stereocenters. The van der Waals surface area contributed by atoms with E-state index in [0.29, 0.717) is 46.6 Å². The molecule has 0 spiro atoms. The predicted molar refractivity (Wildman–Crippen MR) is 166 cm³/mol. The van der Waals surface area contributed by atoms with Crippen LogP contribution in [0.4, 0.5) is 4.39 Å². The second kappa shape index (κ2) is 13.3. The lowest BCUT2D eigenvalue weighted by atomic mass is 9.81. The fourth-order valence-corrected chi connectivity index (χ4v) is 5.88. The highest BCUT2D eigenvalue weighted by atomic mass is 35.5. The zero-order chi connectivity index (χ0) is 30.5. The monoisotopic (exact) mass is 601 g/mol. The number of nitrogens with one attached hydrogen (secondary N) is 1. The summed E-state index contributed by atoms with van der Waals surface area (Å²) in [6, 6.07) is 17.8. The minimum atomic E-state index is -1.16. The number of methoxy groups -OCH3 is 1. The summed E-state index contributed by atoms with van der Waals surface area (Å²) in [7, 11) is 1.38. The Morgan fingerprint density at radius 2 is 1.91 bits per heavy atom.